The summed E-state index contributed by atoms with van der Waals surface area (Å²) in [5.41, 5.74) is 6.83. The zero-order chi connectivity index (χ0) is 21.5. The fraction of sp³-hybridized carbons (Fsp3) is 0.455. The number of hydrogen-bond donors (Lipinski definition) is 1. The van der Waals surface area contributed by atoms with Gasteiger partial charge in [0.2, 0.25) is 12.3 Å². The molecule has 2 amide bonds. The predicted octanol–water partition coefficient (Wildman–Crippen LogP) is 2.74. The number of rotatable bonds is 6. The van der Waals surface area contributed by atoms with Gasteiger partial charge in [-0.15, -0.1) is 11.3 Å². The second-order valence-electron chi connectivity index (χ2n) is 7.39. The highest BCUT2D eigenvalue weighted by Gasteiger charge is 2.49. The highest BCUT2D eigenvalue weighted by Crippen LogP contribution is 2.43. The van der Waals surface area contributed by atoms with Crippen molar-refractivity contribution in [2.45, 2.75) is 44.7 Å². The molecule has 5 rings (SSSR count). The molecule has 3 unspecified atom stereocenters. The molecule has 3 atom stereocenters. The molecule has 7 nitrogen and oxygen atoms in total. The minimum atomic E-state index is 0.139. The van der Waals surface area contributed by atoms with E-state index in [1.54, 1.807) is 11.3 Å². The van der Waals surface area contributed by atoms with Crippen LogP contribution in [0.2, 0.25) is 0 Å². The first-order valence-corrected chi connectivity index (χ1v) is 11.0. The van der Waals surface area contributed by atoms with Crippen LogP contribution >= 0.6 is 11.3 Å². The van der Waals surface area contributed by atoms with Crippen molar-refractivity contribution >= 4 is 23.7 Å². The lowest BCUT2D eigenvalue weighted by Gasteiger charge is -2.56. The van der Waals surface area contributed by atoms with E-state index in [4.69, 9.17) is 19.8 Å². The molecule has 1 aliphatic carbocycles. The van der Waals surface area contributed by atoms with Crippen LogP contribution in [-0.2, 0) is 20.7 Å². The van der Waals surface area contributed by atoms with Crippen LogP contribution in [0.3, 0.4) is 0 Å². The van der Waals surface area contributed by atoms with Crippen molar-refractivity contribution < 1.29 is 14.3 Å². The molecule has 3 fully saturated rings. The number of benzene rings is 1. The zero-order valence-electron chi connectivity index (χ0n) is 17.0. The van der Waals surface area contributed by atoms with Gasteiger partial charge in [0.1, 0.15) is 6.61 Å². The molecule has 158 valence electrons. The maximum Gasteiger partial charge on any atom is 0.249 e. The average molecular weight is 427 g/mol. The minimum absolute atomic E-state index is 0.139. The zero-order valence-corrected chi connectivity index (χ0v) is 17.8. The summed E-state index contributed by atoms with van der Waals surface area (Å²) in [4.78, 5) is 27.9. The van der Waals surface area contributed by atoms with E-state index in [2.05, 4.69) is 22.1 Å². The number of amides is 2. The highest BCUT2D eigenvalue weighted by atomic mass is 32.1. The van der Waals surface area contributed by atoms with Crippen LogP contribution in [0.15, 0.2) is 29.6 Å². The topological polar surface area (TPSA) is 109 Å². The van der Waals surface area contributed by atoms with Gasteiger partial charge in [0.25, 0.3) is 0 Å². The molecule has 1 aromatic carbocycles. The Kier molecular flexibility index (Phi) is 7.55. The van der Waals surface area contributed by atoms with Crippen LogP contribution in [0.5, 0.6) is 0 Å². The summed E-state index contributed by atoms with van der Waals surface area (Å²) in [6.07, 6.45) is 4.56. The number of fused-ring (bicyclic) bond motifs is 2. The van der Waals surface area contributed by atoms with Gasteiger partial charge < -0.3 is 15.4 Å². The van der Waals surface area contributed by atoms with Crippen molar-refractivity contribution in [3.8, 4) is 17.3 Å². The molecule has 3 heterocycles. The summed E-state index contributed by atoms with van der Waals surface area (Å²) in [7, 11) is 0. The van der Waals surface area contributed by atoms with E-state index in [9.17, 15) is 4.79 Å². The summed E-state index contributed by atoms with van der Waals surface area (Å²) in [5, 5.41) is 12.1. The van der Waals surface area contributed by atoms with E-state index in [1.807, 2.05) is 31.2 Å². The Balaban J connectivity index is 0.000000806. The van der Waals surface area contributed by atoms with Gasteiger partial charge in [-0.1, -0.05) is 12.1 Å². The number of carbonyl (C=O) groups excluding carboxylic acids is 2. The molecule has 3 aliphatic rings. The van der Waals surface area contributed by atoms with Gasteiger partial charge in [-0.05, 0) is 44.2 Å². The lowest BCUT2D eigenvalue weighted by atomic mass is 9.71. The van der Waals surface area contributed by atoms with Crippen LogP contribution in [0.25, 0.3) is 11.3 Å². The number of nitrogens with zero attached hydrogens (tertiary/aromatic N) is 3. The number of nitriles is 1. The van der Waals surface area contributed by atoms with Crippen LogP contribution in [0.1, 0.15) is 36.8 Å². The molecule has 1 aromatic heterocycles. The summed E-state index contributed by atoms with van der Waals surface area (Å²) in [6.45, 7) is 2.70. The van der Waals surface area contributed by atoms with Gasteiger partial charge in [-0.2, -0.15) is 5.26 Å². The van der Waals surface area contributed by atoms with E-state index in [-0.39, 0.29) is 18.9 Å². The molecule has 2 N–H and O–H groups in total. The number of piperidine rings is 1. The molecule has 0 spiro atoms. The second-order valence-corrected chi connectivity index (χ2v) is 8.33. The van der Waals surface area contributed by atoms with E-state index in [1.165, 1.54) is 6.42 Å². The number of primary amides is 1. The third kappa shape index (κ3) is 4.86. The highest BCUT2D eigenvalue weighted by molar-refractivity contribution is 7.09. The molecular formula is C22H26N4O3S. The molecule has 2 aromatic rings. The lowest BCUT2D eigenvalue weighted by molar-refractivity contribution is -0.159. The maximum absolute atomic E-state index is 12.4. The predicted molar refractivity (Wildman–Crippen MR) is 114 cm³/mol. The summed E-state index contributed by atoms with van der Waals surface area (Å²) in [6, 6.07) is 10.5. The summed E-state index contributed by atoms with van der Waals surface area (Å²) in [5.74, 6) is 0.626. The Morgan fingerprint density at radius 1 is 1.40 bits per heavy atom. The first-order chi connectivity index (χ1) is 14.6. The standard InChI is InChI=1S/C21H23N3O2S.CH3NO/c1-2-26-12-21(25)24-17-8-7-16(19(24)10-17)9-20-23-18(13-27-20)15-5-3-14(11-22)4-6-15;2-1-3/h3-6,13,16-17,19H,2,7-10,12H2,1H3;1H,(H2,2,3). The normalized spacial score (nSPS) is 21.6. The second kappa shape index (κ2) is 10.3. The fourth-order valence-electron chi connectivity index (χ4n) is 4.28. The number of hydrogen-bond acceptors (Lipinski definition) is 6. The fourth-order valence-corrected chi connectivity index (χ4v) is 5.18. The van der Waals surface area contributed by atoms with E-state index in [0.717, 1.165) is 35.5 Å². The first kappa shape index (κ1) is 21.9. The van der Waals surface area contributed by atoms with Crippen molar-refractivity contribution in [3.63, 3.8) is 0 Å². The number of ether oxygens (including phenoxy) is 1. The minimum Gasteiger partial charge on any atom is -0.372 e. The summed E-state index contributed by atoms with van der Waals surface area (Å²) >= 11 is 1.69. The largest absolute Gasteiger partial charge is 0.372 e. The monoisotopic (exact) mass is 426 g/mol. The van der Waals surface area contributed by atoms with Crippen LogP contribution in [0, 0.1) is 17.2 Å². The van der Waals surface area contributed by atoms with E-state index >= 15 is 0 Å². The van der Waals surface area contributed by atoms with E-state index in [0.29, 0.717) is 30.2 Å². The Morgan fingerprint density at radius 3 is 2.77 bits per heavy atom. The smallest absolute Gasteiger partial charge is 0.249 e. The number of nitrogens with two attached hydrogens (primary N) is 1. The molecule has 8 heteroatoms. The van der Waals surface area contributed by atoms with Gasteiger partial charge in [-0.25, -0.2) is 4.98 Å². The third-order valence-corrected chi connectivity index (χ3v) is 6.57. The SMILES string of the molecule is CCOCC(=O)N1C2CCC(Cc3nc(-c4ccc(C#N)cc4)cs3)C1C2.NC=O. The number of thiazole rings is 1. The molecule has 2 bridgehead atoms. The Morgan fingerprint density at radius 2 is 2.13 bits per heavy atom. The molecule has 2 aliphatic heterocycles. The third-order valence-electron chi connectivity index (χ3n) is 5.70. The van der Waals surface area contributed by atoms with Crippen molar-refractivity contribution in [3.05, 3.63) is 40.2 Å². The van der Waals surface area contributed by atoms with Crippen molar-refractivity contribution in [1.29, 1.82) is 5.26 Å². The van der Waals surface area contributed by atoms with Gasteiger partial charge in [0.05, 0.1) is 22.3 Å². The number of aromatic nitrogens is 1. The van der Waals surface area contributed by atoms with Crippen LogP contribution in [0.4, 0.5) is 0 Å². The van der Waals surface area contributed by atoms with Crippen LogP contribution < -0.4 is 5.73 Å². The average Bonchev–Trinajstić information content (AvgIpc) is 3.21. The Bertz CT molecular complexity index is 904. The maximum atomic E-state index is 12.4. The molecular weight excluding hydrogens is 400 g/mol. The molecule has 2 saturated heterocycles. The van der Waals surface area contributed by atoms with E-state index < -0.39 is 0 Å². The van der Waals surface area contributed by atoms with Gasteiger partial charge in [-0.3, -0.25) is 9.59 Å². The van der Waals surface area contributed by atoms with Crippen molar-refractivity contribution in [2.24, 2.45) is 11.7 Å². The van der Waals surface area contributed by atoms with Crippen molar-refractivity contribution in [1.82, 2.24) is 9.88 Å². The van der Waals surface area contributed by atoms with Crippen LogP contribution in [-0.4, -0.2) is 47.5 Å². The van der Waals surface area contributed by atoms with Crippen molar-refractivity contribution in [2.75, 3.05) is 13.2 Å². The Labute approximate surface area is 180 Å². The molecule has 0 radical (unpaired) electrons. The lowest BCUT2D eigenvalue weighted by Crippen LogP contribution is -2.65. The first-order valence-electron chi connectivity index (χ1n) is 10.1. The van der Waals surface area contributed by atoms with Gasteiger partial charge >= 0.3 is 0 Å². The summed E-state index contributed by atoms with van der Waals surface area (Å²) < 4.78 is 5.32. The number of carbonyl (C=O) groups is 2. The van der Waals surface area contributed by atoms with Gasteiger partial charge in [0.15, 0.2) is 0 Å². The Hall–Kier alpha value is -2.76. The molecule has 30 heavy (non-hydrogen) atoms. The quantitative estimate of drug-likeness (QED) is 0.714. The van der Waals surface area contributed by atoms with Gasteiger partial charge in [0, 0.05) is 36.1 Å². The molecule has 1 saturated carbocycles.